The van der Waals surface area contributed by atoms with E-state index in [4.69, 9.17) is 4.98 Å². The lowest BCUT2D eigenvalue weighted by Crippen LogP contribution is -2.31. The minimum atomic E-state index is -0.297. The predicted octanol–water partition coefficient (Wildman–Crippen LogP) is 4.68. The lowest BCUT2D eigenvalue weighted by molar-refractivity contribution is 0.0960. The molecule has 0 aliphatic carbocycles. The Labute approximate surface area is 206 Å². The summed E-state index contributed by atoms with van der Waals surface area (Å²) in [6, 6.07) is 7.81. The third-order valence-electron chi connectivity index (χ3n) is 6.02. The summed E-state index contributed by atoms with van der Waals surface area (Å²) in [5.74, 6) is 1.06. The van der Waals surface area contributed by atoms with Crippen molar-refractivity contribution in [2.75, 3.05) is 25.0 Å². The summed E-state index contributed by atoms with van der Waals surface area (Å²) in [6.45, 7) is 12.5. The highest BCUT2D eigenvalue weighted by atomic mass is 16.3. The quantitative estimate of drug-likeness (QED) is 0.404. The minimum Gasteiger partial charge on any atom is -0.507 e. The molecule has 0 fully saturated rings. The first-order chi connectivity index (χ1) is 16.6. The Balaban J connectivity index is 1.91. The molecule has 2 aromatic heterocycles. The van der Waals surface area contributed by atoms with Gasteiger partial charge < -0.3 is 15.3 Å². The van der Waals surface area contributed by atoms with Crippen molar-refractivity contribution in [3.05, 3.63) is 41.7 Å². The first kappa shape index (κ1) is 24.4. The van der Waals surface area contributed by atoms with Gasteiger partial charge in [0.05, 0.1) is 16.6 Å². The zero-order valence-electron chi connectivity index (χ0n) is 21.5. The van der Waals surface area contributed by atoms with Gasteiger partial charge in [-0.2, -0.15) is 5.10 Å². The number of aryl methyl sites for hydroxylation is 2. The second-order valence-corrected chi connectivity index (χ2v) is 10.0. The Morgan fingerprint density at radius 3 is 2.43 bits per heavy atom. The summed E-state index contributed by atoms with van der Waals surface area (Å²) >= 11 is 0. The van der Waals surface area contributed by atoms with Crippen molar-refractivity contribution in [1.82, 2.24) is 25.1 Å². The van der Waals surface area contributed by atoms with Gasteiger partial charge in [-0.05, 0) is 43.0 Å². The number of benzene rings is 2. The minimum absolute atomic E-state index is 0.0649. The number of fused-ring (bicyclic) bond motifs is 2. The van der Waals surface area contributed by atoms with Crippen LogP contribution in [-0.4, -0.2) is 50.9 Å². The van der Waals surface area contributed by atoms with E-state index in [9.17, 15) is 9.90 Å². The number of aromatic hydroxyl groups is 1. The number of anilines is 1. The molecule has 1 amide bonds. The summed E-state index contributed by atoms with van der Waals surface area (Å²) in [7, 11) is 3.43. The van der Waals surface area contributed by atoms with Crippen molar-refractivity contribution in [3.8, 4) is 17.1 Å². The van der Waals surface area contributed by atoms with Crippen molar-refractivity contribution in [1.29, 1.82) is 0 Å². The SMILES string of the molecule is CNC(=O)c1nc(-c2cc3cn(C)nc3c(C)c2O)nc2ccc(N(CC(C)C)CC(C)C)cc12. The molecule has 2 aromatic carbocycles. The molecule has 0 aliphatic rings. The first-order valence-electron chi connectivity index (χ1n) is 12.0. The normalized spacial score (nSPS) is 11.7. The van der Waals surface area contributed by atoms with Crippen molar-refractivity contribution in [2.45, 2.75) is 34.6 Å². The van der Waals surface area contributed by atoms with Crippen LogP contribution in [0.3, 0.4) is 0 Å². The van der Waals surface area contributed by atoms with Crippen molar-refractivity contribution < 1.29 is 9.90 Å². The molecule has 0 bridgehead atoms. The van der Waals surface area contributed by atoms with Crippen LogP contribution in [0.15, 0.2) is 30.5 Å². The molecule has 0 unspecified atom stereocenters. The fourth-order valence-corrected chi connectivity index (χ4v) is 4.50. The third-order valence-corrected chi connectivity index (χ3v) is 6.02. The van der Waals surface area contributed by atoms with Gasteiger partial charge in [0.15, 0.2) is 5.82 Å². The smallest absolute Gasteiger partial charge is 0.270 e. The maximum Gasteiger partial charge on any atom is 0.270 e. The third kappa shape index (κ3) is 4.78. The van der Waals surface area contributed by atoms with Crippen molar-refractivity contribution in [3.63, 3.8) is 0 Å². The van der Waals surface area contributed by atoms with Gasteiger partial charge in [-0.15, -0.1) is 0 Å². The van der Waals surface area contributed by atoms with Crippen LogP contribution < -0.4 is 10.2 Å². The molecule has 4 aromatic rings. The second kappa shape index (κ2) is 9.52. The number of nitrogens with one attached hydrogen (secondary N) is 1. The lowest BCUT2D eigenvalue weighted by Gasteiger charge is -2.29. The van der Waals surface area contributed by atoms with Gasteiger partial charge in [-0.1, -0.05) is 27.7 Å². The average Bonchev–Trinajstić information content (AvgIpc) is 3.19. The van der Waals surface area contributed by atoms with Gasteiger partial charge in [-0.3, -0.25) is 9.48 Å². The zero-order valence-corrected chi connectivity index (χ0v) is 21.5. The van der Waals surface area contributed by atoms with Crippen LogP contribution in [0.5, 0.6) is 5.75 Å². The van der Waals surface area contributed by atoms with E-state index in [-0.39, 0.29) is 17.4 Å². The molecule has 0 spiro atoms. The van der Waals surface area contributed by atoms with Crippen LogP contribution in [-0.2, 0) is 7.05 Å². The van der Waals surface area contributed by atoms with Crippen molar-refractivity contribution in [2.24, 2.45) is 18.9 Å². The number of nitrogens with zero attached hydrogens (tertiary/aromatic N) is 5. The van der Waals surface area contributed by atoms with Crippen LogP contribution in [0.1, 0.15) is 43.7 Å². The van der Waals surface area contributed by atoms with E-state index in [0.717, 1.165) is 29.7 Å². The first-order valence-corrected chi connectivity index (χ1v) is 12.0. The van der Waals surface area contributed by atoms with Crippen LogP contribution in [0, 0.1) is 18.8 Å². The van der Waals surface area contributed by atoms with Gasteiger partial charge in [0.1, 0.15) is 11.4 Å². The number of hydrogen-bond donors (Lipinski definition) is 2. The molecule has 8 heteroatoms. The number of phenolic OH excluding ortho intramolecular Hbond substituents is 1. The number of hydrogen-bond acceptors (Lipinski definition) is 6. The molecule has 2 heterocycles. The average molecular weight is 475 g/mol. The molecule has 0 atom stereocenters. The summed E-state index contributed by atoms with van der Waals surface area (Å²) in [5.41, 5.74) is 3.82. The Morgan fingerprint density at radius 2 is 1.80 bits per heavy atom. The van der Waals surface area contributed by atoms with Crippen LogP contribution in [0.4, 0.5) is 5.69 Å². The van der Waals surface area contributed by atoms with Crippen LogP contribution >= 0.6 is 0 Å². The highest BCUT2D eigenvalue weighted by molar-refractivity contribution is 6.06. The molecule has 0 radical (unpaired) electrons. The Hall–Kier alpha value is -3.68. The zero-order chi connectivity index (χ0) is 25.4. The summed E-state index contributed by atoms with van der Waals surface area (Å²) in [5, 5.41) is 19.7. The highest BCUT2D eigenvalue weighted by Crippen LogP contribution is 2.36. The molecule has 4 rings (SSSR count). The highest BCUT2D eigenvalue weighted by Gasteiger charge is 2.21. The molecule has 184 valence electrons. The van der Waals surface area contributed by atoms with E-state index in [1.54, 1.807) is 11.7 Å². The van der Waals surface area contributed by atoms with E-state index >= 15 is 0 Å². The number of aromatic nitrogens is 4. The molecule has 0 saturated carbocycles. The van der Waals surface area contributed by atoms with Crippen molar-refractivity contribution >= 4 is 33.4 Å². The van der Waals surface area contributed by atoms with Gasteiger partial charge >= 0.3 is 0 Å². The van der Waals surface area contributed by atoms with Crippen LogP contribution in [0.2, 0.25) is 0 Å². The molecule has 2 N–H and O–H groups in total. The van der Waals surface area contributed by atoms with E-state index in [1.165, 1.54) is 0 Å². The fourth-order valence-electron chi connectivity index (χ4n) is 4.50. The number of amides is 1. The molecule has 0 aliphatic heterocycles. The molecule has 8 nitrogen and oxygen atoms in total. The number of rotatable bonds is 7. The molecular formula is C27H34N6O2. The number of phenols is 1. The Bertz CT molecular complexity index is 1400. The molecule has 0 saturated heterocycles. The summed E-state index contributed by atoms with van der Waals surface area (Å²) < 4.78 is 1.71. The second-order valence-electron chi connectivity index (χ2n) is 10.0. The number of carbonyl (C=O) groups is 1. The predicted molar refractivity (Wildman–Crippen MR) is 141 cm³/mol. The Morgan fingerprint density at radius 1 is 1.11 bits per heavy atom. The Kier molecular flexibility index (Phi) is 6.65. The van der Waals surface area contributed by atoms with Gasteiger partial charge in [0.2, 0.25) is 0 Å². The van der Waals surface area contributed by atoms with E-state index < -0.39 is 0 Å². The van der Waals surface area contributed by atoms with E-state index in [0.29, 0.717) is 39.7 Å². The summed E-state index contributed by atoms with van der Waals surface area (Å²) in [4.78, 5) is 24.7. The fraction of sp³-hybridized carbons (Fsp3) is 0.407. The van der Waals surface area contributed by atoms with Gasteiger partial charge in [0, 0.05) is 55.4 Å². The van der Waals surface area contributed by atoms with Crippen LogP contribution in [0.25, 0.3) is 33.2 Å². The van der Waals surface area contributed by atoms with E-state index in [2.05, 4.69) is 48.0 Å². The largest absolute Gasteiger partial charge is 0.507 e. The topological polar surface area (TPSA) is 96.2 Å². The maximum absolute atomic E-state index is 12.9. The molecular weight excluding hydrogens is 440 g/mol. The maximum atomic E-state index is 12.9. The van der Waals surface area contributed by atoms with Gasteiger partial charge in [-0.25, -0.2) is 9.97 Å². The molecule has 35 heavy (non-hydrogen) atoms. The monoisotopic (exact) mass is 474 g/mol. The van der Waals surface area contributed by atoms with E-state index in [1.807, 2.05) is 44.4 Å². The van der Waals surface area contributed by atoms with Gasteiger partial charge in [0.25, 0.3) is 5.91 Å². The standard InChI is InChI=1S/C27H34N6O2/c1-15(2)12-33(13-16(3)4)19-8-9-22-20(11-19)24(27(35)28-6)30-26(29-22)21-10-18-14-32(7)31-23(18)17(5)25(21)34/h8-11,14-16,34H,12-13H2,1-7H3,(H,28,35). The number of carbonyl (C=O) groups excluding carboxylic acids is 1. The lowest BCUT2D eigenvalue weighted by atomic mass is 10.0. The summed E-state index contributed by atoms with van der Waals surface area (Å²) in [6.07, 6.45) is 1.89.